The van der Waals surface area contributed by atoms with Crippen LogP contribution in [0, 0.1) is 5.41 Å². The highest BCUT2D eigenvalue weighted by atomic mass is 16.4. The van der Waals surface area contributed by atoms with Crippen LogP contribution in [0.25, 0.3) is 0 Å². The topological polar surface area (TPSA) is 79.5 Å². The maximum atomic E-state index is 11.0. The summed E-state index contributed by atoms with van der Waals surface area (Å²) in [6, 6.07) is 1.41. The third kappa shape index (κ3) is 3.34. The van der Waals surface area contributed by atoms with E-state index in [9.17, 15) is 4.79 Å². The van der Waals surface area contributed by atoms with Gasteiger partial charge in [0, 0.05) is 19.8 Å². The van der Waals surface area contributed by atoms with Gasteiger partial charge in [0.25, 0.3) is 0 Å². The number of carbonyl (C=O) groups is 1. The van der Waals surface area contributed by atoms with Crippen molar-refractivity contribution in [3.8, 4) is 0 Å². The quantitative estimate of drug-likeness (QED) is 0.838. The second kappa shape index (κ2) is 4.61. The molecule has 0 amide bonds. The zero-order valence-corrected chi connectivity index (χ0v) is 10.7. The van der Waals surface area contributed by atoms with Crippen LogP contribution < -0.4 is 10.6 Å². The Labute approximate surface area is 101 Å². The maximum Gasteiger partial charge on any atom is 0.337 e. The van der Waals surface area contributed by atoms with Gasteiger partial charge in [-0.2, -0.15) is 0 Å². The normalized spacial score (nSPS) is 11.3. The highest BCUT2D eigenvalue weighted by molar-refractivity contribution is 5.96. The number of aromatic carboxylic acids is 1. The van der Waals surface area contributed by atoms with Gasteiger partial charge >= 0.3 is 5.97 Å². The smallest absolute Gasteiger partial charge is 0.337 e. The number of carboxylic acid groups (broad SMARTS) is 1. The first-order valence-corrected chi connectivity index (χ1v) is 5.41. The molecule has 1 aromatic rings. The third-order valence-electron chi connectivity index (χ3n) is 2.27. The Morgan fingerprint density at radius 1 is 1.53 bits per heavy atom. The summed E-state index contributed by atoms with van der Waals surface area (Å²) in [5.41, 5.74) is 6.21. The summed E-state index contributed by atoms with van der Waals surface area (Å²) in [6.07, 6.45) is 1.47. The largest absolute Gasteiger partial charge is 0.478 e. The van der Waals surface area contributed by atoms with Crippen molar-refractivity contribution in [2.24, 2.45) is 5.41 Å². The number of nitrogens with zero attached hydrogens (tertiary/aromatic N) is 2. The second-order valence-electron chi connectivity index (χ2n) is 5.32. The minimum Gasteiger partial charge on any atom is -0.478 e. The molecule has 0 bridgehead atoms. The molecule has 17 heavy (non-hydrogen) atoms. The lowest BCUT2D eigenvalue weighted by molar-refractivity contribution is 0.0698. The van der Waals surface area contributed by atoms with Gasteiger partial charge in [-0.3, -0.25) is 0 Å². The molecule has 0 saturated heterocycles. The zero-order valence-electron chi connectivity index (χ0n) is 10.7. The van der Waals surface area contributed by atoms with Gasteiger partial charge in [0.2, 0.25) is 0 Å². The summed E-state index contributed by atoms with van der Waals surface area (Å²) in [5, 5.41) is 8.98. The molecule has 3 N–H and O–H groups in total. The van der Waals surface area contributed by atoms with Crippen LogP contribution in [0.15, 0.2) is 12.3 Å². The number of hydrogen-bond donors (Lipinski definition) is 2. The van der Waals surface area contributed by atoms with Crippen LogP contribution in [0.5, 0.6) is 0 Å². The molecular weight excluding hydrogens is 218 g/mol. The van der Waals surface area contributed by atoms with Crippen LogP contribution in [-0.2, 0) is 0 Å². The molecular formula is C12H19N3O2. The molecule has 0 aliphatic rings. The molecule has 0 atom stereocenters. The van der Waals surface area contributed by atoms with E-state index in [1.54, 1.807) is 0 Å². The summed E-state index contributed by atoms with van der Waals surface area (Å²) in [7, 11) is 1.86. The fourth-order valence-electron chi connectivity index (χ4n) is 1.74. The zero-order chi connectivity index (χ0) is 13.2. The van der Waals surface area contributed by atoms with Gasteiger partial charge in [-0.15, -0.1) is 0 Å². The predicted molar refractivity (Wildman–Crippen MR) is 68.3 cm³/mol. The Kier molecular flexibility index (Phi) is 3.60. The standard InChI is InChI=1S/C12H19N3O2/c1-12(2,3)7-15(4)10-9(13)8(11(16)17)5-6-14-10/h5-6H,7,13H2,1-4H3,(H,16,17). The lowest BCUT2D eigenvalue weighted by Crippen LogP contribution is -2.30. The Balaban J connectivity index is 3.07. The fourth-order valence-corrected chi connectivity index (χ4v) is 1.74. The van der Waals surface area contributed by atoms with Crippen LogP contribution in [0.1, 0.15) is 31.1 Å². The maximum absolute atomic E-state index is 11.0. The Hall–Kier alpha value is -1.78. The van der Waals surface area contributed by atoms with E-state index in [2.05, 4.69) is 25.8 Å². The molecule has 0 radical (unpaired) electrons. The van der Waals surface area contributed by atoms with Gasteiger partial charge in [0.05, 0.1) is 11.3 Å². The molecule has 0 aliphatic heterocycles. The minimum absolute atomic E-state index is 0.0854. The van der Waals surface area contributed by atoms with Crippen LogP contribution in [0.2, 0.25) is 0 Å². The molecule has 0 fully saturated rings. The van der Waals surface area contributed by atoms with E-state index in [1.807, 2.05) is 11.9 Å². The molecule has 1 rings (SSSR count). The molecule has 5 heteroatoms. The Morgan fingerprint density at radius 3 is 2.59 bits per heavy atom. The third-order valence-corrected chi connectivity index (χ3v) is 2.27. The summed E-state index contributed by atoms with van der Waals surface area (Å²) in [6.45, 7) is 7.04. The van der Waals surface area contributed by atoms with Crippen LogP contribution in [0.4, 0.5) is 11.5 Å². The summed E-state index contributed by atoms with van der Waals surface area (Å²) < 4.78 is 0. The second-order valence-corrected chi connectivity index (χ2v) is 5.32. The van der Waals surface area contributed by atoms with Gasteiger partial charge < -0.3 is 15.7 Å². The number of aromatic nitrogens is 1. The molecule has 1 aromatic heterocycles. The van der Waals surface area contributed by atoms with Gasteiger partial charge in [0.15, 0.2) is 5.82 Å². The lowest BCUT2D eigenvalue weighted by atomic mass is 9.96. The predicted octanol–water partition coefficient (Wildman–Crippen LogP) is 1.84. The highest BCUT2D eigenvalue weighted by Crippen LogP contribution is 2.25. The van der Waals surface area contributed by atoms with E-state index in [1.165, 1.54) is 12.3 Å². The monoisotopic (exact) mass is 237 g/mol. The van der Waals surface area contributed by atoms with E-state index >= 15 is 0 Å². The fraction of sp³-hybridized carbons (Fsp3) is 0.500. The van der Waals surface area contributed by atoms with Crippen molar-refractivity contribution in [2.45, 2.75) is 20.8 Å². The van der Waals surface area contributed by atoms with Crippen molar-refractivity contribution in [3.05, 3.63) is 17.8 Å². The van der Waals surface area contributed by atoms with Gasteiger partial charge in [-0.1, -0.05) is 20.8 Å². The van der Waals surface area contributed by atoms with E-state index < -0.39 is 5.97 Å². The first-order chi connectivity index (χ1) is 7.72. The average Bonchev–Trinajstić information content (AvgIpc) is 2.14. The number of carboxylic acids is 1. The molecule has 0 aliphatic carbocycles. The molecule has 0 aromatic carbocycles. The molecule has 0 unspecified atom stereocenters. The summed E-state index contributed by atoms with van der Waals surface area (Å²) in [5.74, 6) is -0.518. The lowest BCUT2D eigenvalue weighted by Gasteiger charge is -2.28. The number of nitrogen functional groups attached to an aromatic ring is 1. The molecule has 0 saturated carbocycles. The number of nitrogens with two attached hydrogens (primary N) is 1. The SMILES string of the molecule is CN(CC(C)(C)C)c1nccc(C(=O)O)c1N. The van der Waals surface area contributed by atoms with Crippen LogP contribution >= 0.6 is 0 Å². The van der Waals surface area contributed by atoms with E-state index in [-0.39, 0.29) is 16.7 Å². The van der Waals surface area contributed by atoms with E-state index in [0.29, 0.717) is 5.82 Å². The highest BCUT2D eigenvalue weighted by Gasteiger charge is 2.19. The van der Waals surface area contributed by atoms with Crippen molar-refractivity contribution >= 4 is 17.5 Å². The first kappa shape index (κ1) is 13.3. The minimum atomic E-state index is -1.03. The number of rotatable bonds is 3. The summed E-state index contributed by atoms with van der Waals surface area (Å²) >= 11 is 0. The molecule has 1 heterocycles. The van der Waals surface area contributed by atoms with Gasteiger partial charge in [-0.25, -0.2) is 9.78 Å². The Bertz CT molecular complexity index is 424. The number of pyridine rings is 1. The molecule has 0 spiro atoms. The van der Waals surface area contributed by atoms with Crippen molar-refractivity contribution in [1.82, 2.24) is 4.98 Å². The van der Waals surface area contributed by atoms with Crippen LogP contribution in [0.3, 0.4) is 0 Å². The summed E-state index contributed by atoms with van der Waals surface area (Å²) in [4.78, 5) is 17.0. The van der Waals surface area contributed by atoms with Crippen molar-refractivity contribution in [3.63, 3.8) is 0 Å². The molecule has 94 valence electrons. The van der Waals surface area contributed by atoms with Crippen molar-refractivity contribution < 1.29 is 9.90 Å². The Morgan fingerprint density at radius 2 is 2.12 bits per heavy atom. The number of hydrogen-bond acceptors (Lipinski definition) is 4. The van der Waals surface area contributed by atoms with E-state index in [4.69, 9.17) is 10.8 Å². The molecule has 5 nitrogen and oxygen atoms in total. The van der Waals surface area contributed by atoms with Crippen LogP contribution in [-0.4, -0.2) is 29.7 Å². The van der Waals surface area contributed by atoms with Crippen molar-refractivity contribution in [2.75, 3.05) is 24.2 Å². The average molecular weight is 237 g/mol. The first-order valence-electron chi connectivity index (χ1n) is 5.41. The number of anilines is 2. The van der Waals surface area contributed by atoms with E-state index in [0.717, 1.165) is 6.54 Å². The van der Waals surface area contributed by atoms with Crippen molar-refractivity contribution in [1.29, 1.82) is 0 Å². The van der Waals surface area contributed by atoms with Gasteiger partial charge in [-0.05, 0) is 11.5 Å². The van der Waals surface area contributed by atoms with Gasteiger partial charge in [0.1, 0.15) is 0 Å².